The number of fused-ring (bicyclic) bond motifs is 1. The third kappa shape index (κ3) is 6.42. The Morgan fingerprint density at radius 1 is 0.973 bits per heavy atom. The number of hydrogen-bond acceptors (Lipinski definition) is 5. The number of rotatable bonds is 8. The van der Waals surface area contributed by atoms with Gasteiger partial charge in [0.15, 0.2) is 5.78 Å². The van der Waals surface area contributed by atoms with Gasteiger partial charge in [-0.3, -0.25) is 4.79 Å². The maximum absolute atomic E-state index is 13.7. The minimum absolute atomic E-state index is 0.0794. The van der Waals surface area contributed by atoms with Crippen molar-refractivity contribution in [2.75, 3.05) is 11.9 Å². The molecule has 5 rings (SSSR count). The molecule has 1 saturated carbocycles. The second kappa shape index (κ2) is 11.6. The molecule has 1 saturated heterocycles. The van der Waals surface area contributed by atoms with Crippen LogP contribution in [0.2, 0.25) is 0 Å². The highest BCUT2D eigenvalue weighted by Crippen LogP contribution is 2.40. The number of Topliss-reactive ketones (excluding diaryl/α,β-unsaturated/α-hetero) is 1. The third-order valence-electron chi connectivity index (χ3n) is 8.66. The molecular formula is C32H45N3O2. The van der Waals surface area contributed by atoms with E-state index in [-0.39, 0.29) is 17.6 Å². The molecule has 3 aliphatic rings. The average molecular weight is 504 g/mol. The standard InChI is InChI=1S/C32H45N3O2/c1-20(2)8-9-24-14-17-27-29(30(24)36)34-31(25-6-5-7-28(23-10-11-23)37-19-18-25)35-32(27)33-26-15-12-22(13-16-26)21(3)4/h12-13,15-16,20-21,23-25,28H,5-11,14,17-19H2,1-4H3,(H,33,34,35). The van der Waals surface area contributed by atoms with Crippen molar-refractivity contribution in [3.63, 3.8) is 0 Å². The molecule has 2 heterocycles. The van der Waals surface area contributed by atoms with E-state index < -0.39 is 0 Å². The first kappa shape index (κ1) is 26.3. The lowest BCUT2D eigenvalue weighted by atomic mass is 9.81. The summed E-state index contributed by atoms with van der Waals surface area (Å²) in [4.78, 5) is 23.8. The average Bonchev–Trinajstić information content (AvgIpc) is 3.69. The molecule has 2 aliphatic carbocycles. The first-order valence-corrected chi connectivity index (χ1v) is 14.8. The van der Waals surface area contributed by atoms with Crippen LogP contribution in [0, 0.1) is 17.8 Å². The van der Waals surface area contributed by atoms with Crippen LogP contribution < -0.4 is 5.32 Å². The van der Waals surface area contributed by atoms with Crippen LogP contribution in [0.5, 0.6) is 0 Å². The molecule has 0 spiro atoms. The number of hydrogen-bond donors (Lipinski definition) is 1. The number of nitrogens with one attached hydrogen (secondary N) is 1. The Morgan fingerprint density at radius 2 is 1.76 bits per heavy atom. The van der Waals surface area contributed by atoms with E-state index in [0.29, 0.717) is 23.6 Å². The molecule has 5 heteroatoms. The Bertz CT molecular complexity index is 1060. The second-order valence-electron chi connectivity index (χ2n) is 12.4. The van der Waals surface area contributed by atoms with Crippen molar-refractivity contribution in [1.29, 1.82) is 0 Å². The molecule has 0 bridgehead atoms. The van der Waals surface area contributed by atoms with Gasteiger partial charge in [-0.1, -0.05) is 52.7 Å². The summed E-state index contributed by atoms with van der Waals surface area (Å²) in [6.07, 6.45) is 11.1. The molecule has 3 unspecified atom stereocenters. The summed E-state index contributed by atoms with van der Waals surface area (Å²) in [7, 11) is 0. The molecule has 1 aromatic carbocycles. The van der Waals surface area contributed by atoms with Crippen molar-refractivity contribution in [2.45, 2.75) is 110 Å². The molecule has 37 heavy (non-hydrogen) atoms. The lowest BCUT2D eigenvalue weighted by molar-refractivity contribution is 0.0173. The zero-order chi connectivity index (χ0) is 25.9. The van der Waals surface area contributed by atoms with Crippen LogP contribution in [0.3, 0.4) is 0 Å². The number of ketones is 1. The van der Waals surface area contributed by atoms with Crippen LogP contribution in [0.15, 0.2) is 24.3 Å². The summed E-state index contributed by atoms with van der Waals surface area (Å²) in [6.45, 7) is 9.65. The Morgan fingerprint density at radius 3 is 2.46 bits per heavy atom. The molecular weight excluding hydrogens is 458 g/mol. The molecule has 2 fully saturated rings. The summed E-state index contributed by atoms with van der Waals surface area (Å²) in [5.41, 5.74) is 4.00. The Kier molecular flexibility index (Phi) is 8.28. The molecule has 0 radical (unpaired) electrons. The molecule has 1 aromatic heterocycles. The maximum atomic E-state index is 13.7. The summed E-state index contributed by atoms with van der Waals surface area (Å²) in [5.74, 6) is 4.08. The Balaban J connectivity index is 1.42. The van der Waals surface area contributed by atoms with Crippen molar-refractivity contribution >= 4 is 17.3 Å². The minimum atomic E-state index is 0.0794. The number of carbonyl (C=O) groups excluding carboxylic acids is 1. The van der Waals surface area contributed by atoms with Gasteiger partial charge in [-0.05, 0) is 86.8 Å². The van der Waals surface area contributed by atoms with Gasteiger partial charge in [0.1, 0.15) is 17.3 Å². The first-order valence-electron chi connectivity index (χ1n) is 14.8. The van der Waals surface area contributed by atoms with Gasteiger partial charge in [-0.2, -0.15) is 0 Å². The van der Waals surface area contributed by atoms with Crippen LogP contribution in [-0.2, 0) is 11.2 Å². The van der Waals surface area contributed by atoms with Crippen LogP contribution >= 0.6 is 0 Å². The van der Waals surface area contributed by atoms with E-state index in [4.69, 9.17) is 14.7 Å². The number of ether oxygens (including phenoxy) is 1. The lowest BCUT2D eigenvalue weighted by Gasteiger charge is -2.28. The summed E-state index contributed by atoms with van der Waals surface area (Å²) in [5, 5.41) is 3.59. The van der Waals surface area contributed by atoms with Crippen molar-refractivity contribution in [2.24, 2.45) is 17.8 Å². The van der Waals surface area contributed by atoms with Crippen LogP contribution in [0.1, 0.15) is 125 Å². The predicted molar refractivity (Wildman–Crippen MR) is 150 cm³/mol. The Hall–Kier alpha value is -2.27. The van der Waals surface area contributed by atoms with Crippen molar-refractivity contribution in [3.05, 3.63) is 46.9 Å². The number of nitrogens with zero attached hydrogens (tertiary/aromatic N) is 2. The molecule has 5 nitrogen and oxygen atoms in total. The van der Waals surface area contributed by atoms with E-state index in [1.807, 2.05) is 0 Å². The van der Waals surface area contributed by atoms with Gasteiger partial charge in [-0.15, -0.1) is 0 Å². The van der Waals surface area contributed by atoms with Crippen molar-refractivity contribution < 1.29 is 9.53 Å². The van der Waals surface area contributed by atoms with E-state index in [1.165, 1.54) is 18.4 Å². The second-order valence-corrected chi connectivity index (χ2v) is 12.4. The molecule has 1 aliphatic heterocycles. The first-order chi connectivity index (χ1) is 17.9. The van der Waals surface area contributed by atoms with E-state index >= 15 is 0 Å². The fraction of sp³-hybridized carbons (Fsp3) is 0.656. The van der Waals surface area contributed by atoms with Gasteiger partial charge in [0.2, 0.25) is 0 Å². The highest BCUT2D eigenvalue weighted by molar-refractivity contribution is 5.99. The number of aromatic nitrogens is 2. The SMILES string of the molecule is CC(C)CCC1CCc2c(Nc3ccc(C(C)C)cc3)nc(C3CCCC(C4CC4)OCC3)nc2C1=O. The summed E-state index contributed by atoms with van der Waals surface area (Å²) < 4.78 is 6.28. The third-order valence-corrected chi connectivity index (χ3v) is 8.66. The summed E-state index contributed by atoms with van der Waals surface area (Å²) in [6, 6.07) is 8.61. The highest BCUT2D eigenvalue weighted by atomic mass is 16.5. The molecule has 2 aromatic rings. The summed E-state index contributed by atoms with van der Waals surface area (Å²) >= 11 is 0. The van der Waals surface area contributed by atoms with Crippen LogP contribution in [0.4, 0.5) is 11.5 Å². The smallest absolute Gasteiger partial charge is 0.184 e. The number of anilines is 2. The van der Waals surface area contributed by atoms with E-state index in [0.717, 1.165) is 86.8 Å². The van der Waals surface area contributed by atoms with E-state index in [9.17, 15) is 4.79 Å². The van der Waals surface area contributed by atoms with Gasteiger partial charge < -0.3 is 10.1 Å². The normalized spacial score (nSPS) is 24.6. The van der Waals surface area contributed by atoms with Crippen molar-refractivity contribution in [1.82, 2.24) is 9.97 Å². The topological polar surface area (TPSA) is 64.1 Å². The molecule has 200 valence electrons. The van der Waals surface area contributed by atoms with Gasteiger partial charge in [0.25, 0.3) is 0 Å². The number of benzene rings is 1. The van der Waals surface area contributed by atoms with Gasteiger partial charge in [0, 0.05) is 29.7 Å². The number of carbonyl (C=O) groups is 1. The minimum Gasteiger partial charge on any atom is -0.378 e. The zero-order valence-corrected chi connectivity index (χ0v) is 23.3. The van der Waals surface area contributed by atoms with Gasteiger partial charge in [0.05, 0.1) is 6.10 Å². The van der Waals surface area contributed by atoms with Gasteiger partial charge >= 0.3 is 0 Å². The monoisotopic (exact) mass is 503 g/mol. The lowest BCUT2D eigenvalue weighted by Crippen LogP contribution is -2.27. The molecule has 0 amide bonds. The predicted octanol–water partition coefficient (Wildman–Crippen LogP) is 7.98. The van der Waals surface area contributed by atoms with Gasteiger partial charge in [-0.25, -0.2) is 9.97 Å². The molecule has 3 atom stereocenters. The van der Waals surface area contributed by atoms with Crippen molar-refractivity contribution in [3.8, 4) is 0 Å². The maximum Gasteiger partial charge on any atom is 0.184 e. The largest absolute Gasteiger partial charge is 0.378 e. The van der Waals surface area contributed by atoms with E-state index in [1.54, 1.807) is 0 Å². The molecule has 1 N–H and O–H groups in total. The fourth-order valence-electron chi connectivity index (χ4n) is 6.02. The van der Waals surface area contributed by atoms with E-state index in [2.05, 4.69) is 57.3 Å². The zero-order valence-electron chi connectivity index (χ0n) is 23.3. The van der Waals surface area contributed by atoms with Crippen LogP contribution in [0.25, 0.3) is 0 Å². The quantitative estimate of drug-likeness (QED) is 0.396. The fourth-order valence-corrected chi connectivity index (χ4v) is 6.02. The van der Waals surface area contributed by atoms with Crippen LogP contribution in [-0.4, -0.2) is 28.5 Å². The Labute approximate surface area is 223 Å². The highest BCUT2D eigenvalue weighted by Gasteiger charge is 2.35.